The molecule has 0 spiro atoms. The summed E-state index contributed by atoms with van der Waals surface area (Å²) in [6, 6.07) is 7.22. The van der Waals surface area contributed by atoms with Crippen LogP contribution in [-0.2, 0) is 0 Å². The van der Waals surface area contributed by atoms with Crippen molar-refractivity contribution in [1.29, 1.82) is 0 Å². The quantitative estimate of drug-likeness (QED) is 0.665. The molecule has 2 rings (SSSR count). The van der Waals surface area contributed by atoms with Crippen molar-refractivity contribution in [3.63, 3.8) is 0 Å². The fraction of sp³-hybridized carbons (Fsp3) is 0.182. The molecule has 0 aliphatic carbocycles. The first-order valence-corrected chi connectivity index (χ1v) is 6.52. The van der Waals surface area contributed by atoms with Gasteiger partial charge in [-0.2, -0.15) is 0 Å². The lowest BCUT2D eigenvalue weighted by Gasteiger charge is -2.01. The maximum Gasteiger partial charge on any atom is 0.307 e. The molecular weight excluding hydrogens is 270 g/mol. The number of H-pyrrole nitrogens is 1. The Morgan fingerprint density at radius 2 is 2.06 bits per heavy atom. The van der Waals surface area contributed by atoms with E-state index in [0.29, 0.717) is 22.3 Å². The van der Waals surface area contributed by atoms with E-state index in [1.54, 1.807) is 12.1 Å². The number of nitrogens with zero attached hydrogens (tertiary/aromatic N) is 2. The maximum atomic E-state index is 11.0. The predicted molar refractivity (Wildman–Crippen MR) is 74.0 cm³/mol. The molecule has 1 aromatic carbocycles. The molecule has 18 heavy (non-hydrogen) atoms. The number of thiazole rings is 1. The van der Waals surface area contributed by atoms with Crippen molar-refractivity contribution < 1.29 is 4.74 Å². The molecule has 7 heteroatoms. The Morgan fingerprint density at radius 1 is 1.33 bits per heavy atom. The van der Waals surface area contributed by atoms with Crippen LogP contribution in [0.5, 0.6) is 5.75 Å². The van der Waals surface area contributed by atoms with Gasteiger partial charge in [0, 0.05) is 0 Å². The molecule has 1 aromatic heterocycles. The summed E-state index contributed by atoms with van der Waals surface area (Å²) in [4.78, 5) is 13.4. The lowest BCUT2D eigenvalue weighted by atomic mass is 10.3. The molecule has 0 bridgehead atoms. The minimum absolute atomic E-state index is 0.194. The van der Waals surface area contributed by atoms with Crippen LogP contribution in [0.15, 0.2) is 44.3 Å². The van der Waals surface area contributed by atoms with Crippen LogP contribution in [0, 0.1) is 0 Å². The fourth-order valence-corrected chi connectivity index (χ4v) is 2.18. The number of ether oxygens (including phenoxy) is 1. The zero-order valence-corrected chi connectivity index (χ0v) is 11.3. The average Bonchev–Trinajstić information content (AvgIpc) is 2.67. The monoisotopic (exact) mass is 281 g/mol. The van der Waals surface area contributed by atoms with Crippen molar-refractivity contribution >= 4 is 34.7 Å². The molecule has 94 valence electrons. The second kappa shape index (κ2) is 5.83. The summed E-state index contributed by atoms with van der Waals surface area (Å²) in [5, 5.41) is 8.89. The second-order valence-corrected chi connectivity index (χ2v) is 4.70. The number of aromatic amines is 1. The normalized spacial score (nSPS) is 11.0. The van der Waals surface area contributed by atoms with E-state index in [1.807, 2.05) is 19.1 Å². The fourth-order valence-electron chi connectivity index (χ4n) is 1.26. The van der Waals surface area contributed by atoms with Crippen LogP contribution >= 0.6 is 24.0 Å². The molecule has 0 saturated carbocycles. The highest BCUT2D eigenvalue weighted by Gasteiger charge is 2.02. The maximum absolute atomic E-state index is 11.0. The van der Waals surface area contributed by atoms with Crippen molar-refractivity contribution in [1.82, 2.24) is 4.98 Å². The van der Waals surface area contributed by atoms with Gasteiger partial charge in [-0.15, -0.1) is 22.9 Å². The van der Waals surface area contributed by atoms with Gasteiger partial charge in [0.05, 0.1) is 12.3 Å². The molecule has 2 aromatic rings. The van der Waals surface area contributed by atoms with Crippen LogP contribution in [0.4, 0.5) is 10.7 Å². The van der Waals surface area contributed by atoms with Gasteiger partial charge in [0.1, 0.15) is 10.8 Å². The smallest absolute Gasteiger partial charge is 0.307 e. The molecule has 0 radical (unpaired) electrons. The molecular formula is C11H11N3O2S2. The molecule has 0 aliphatic heterocycles. The van der Waals surface area contributed by atoms with Gasteiger partial charge in [0.2, 0.25) is 0 Å². The van der Waals surface area contributed by atoms with Gasteiger partial charge in [-0.25, -0.2) is 0 Å². The first-order chi connectivity index (χ1) is 8.69. The van der Waals surface area contributed by atoms with Crippen molar-refractivity contribution in [2.24, 2.45) is 10.2 Å². The number of nitrogens with one attached hydrogen (secondary N) is 1. The van der Waals surface area contributed by atoms with Crippen LogP contribution in [0.2, 0.25) is 0 Å². The molecule has 0 atom stereocenters. The Labute approximate surface area is 113 Å². The predicted octanol–water partition coefficient (Wildman–Crippen LogP) is 3.54. The number of benzene rings is 1. The summed E-state index contributed by atoms with van der Waals surface area (Å²) in [5.74, 6) is 0.789. The Balaban J connectivity index is 2.13. The van der Waals surface area contributed by atoms with Crippen molar-refractivity contribution in [3.8, 4) is 5.75 Å². The van der Waals surface area contributed by atoms with Crippen molar-refractivity contribution in [3.05, 3.63) is 33.9 Å². The standard InChI is InChI=1S/C11H11N3O2S2/c1-2-16-8-5-3-7(4-6-8)13-14-10-9(17)12-11(15)18-10/h3-6,17H,2H2,1H3,(H,12,15). The van der Waals surface area contributed by atoms with Crippen molar-refractivity contribution in [2.75, 3.05) is 6.61 Å². The SMILES string of the molecule is CCOc1ccc(N=Nc2sc(=O)[nH]c2S)cc1. The molecule has 1 heterocycles. The molecule has 0 amide bonds. The summed E-state index contributed by atoms with van der Waals surface area (Å²) in [7, 11) is 0. The highest BCUT2D eigenvalue weighted by molar-refractivity contribution is 7.80. The third-order valence-electron chi connectivity index (χ3n) is 2.02. The highest BCUT2D eigenvalue weighted by atomic mass is 32.1. The summed E-state index contributed by atoms with van der Waals surface area (Å²) in [5.41, 5.74) is 0.687. The molecule has 0 unspecified atom stereocenters. The van der Waals surface area contributed by atoms with E-state index < -0.39 is 0 Å². The van der Waals surface area contributed by atoms with Crippen LogP contribution < -0.4 is 9.61 Å². The molecule has 0 aliphatic rings. The van der Waals surface area contributed by atoms with Gasteiger partial charge in [-0.05, 0) is 31.2 Å². The van der Waals surface area contributed by atoms with Gasteiger partial charge in [0.25, 0.3) is 0 Å². The minimum atomic E-state index is -0.194. The zero-order valence-electron chi connectivity index (χ0n) is 9.58. The van der Waals surface area contributed by atoms with Crippen molar-refractivity contribution in [2.45, 2.75) is 11.9 Å². The topological polar surface area (TPSA) is 66.8 Å². The largest absolute Gasteiger partial charge is 0.494 e. The summed E-state index contributed by atoms with van der Waals surface area (Å²) >= 11 is 5.06. The van der Waals surface area contributed by atoms with Gasteiger partial charge >= 0.3 is 4.87 Å². The number of azo groups is 1. The van der Waals surface area contributed by atoms with Crippen LogP contribution in [0.3, 0.4) is 0 Å². The third kappa shape index (κ3) is 3.21. The zero-order chi connectivity index (χ0) is 13.0. The van der Waals surface area contributed by atoms with Gasteiger partial charge < -0.3 is 9.72 Å². The number of thiol groups is 1. The Morgan fingerprint density at radius 3 is 2.61 bits per heavy atom. The van der Waals surface area contributed by atoms with E-state index in [0.717, 1.165) is 17.1 Å². The van der Waals surface area contributed by atoms with E-state index in [2.05, 4.69) is 27.8 Å². The summed E-state index contributed by atoms with van der Waals surface area (Å²) in [6.45, 7) is 2.55. The third-order valence-corrected chi connectivity index (χ3v) is 3.26. The van der Waals surface area contributed by atoms with E-state index in [1.165, 1.54) is 0 Å². The van der Waals surface area contributed by atoms with Gasteiger partial charge in [-0.1, -0.05) is 11.3 Å². The molecule has 5 nitrogen and oxygen atoms in total. The lowest BCUT2D eigenvalue weighted by molar-refractivity contribution is 0.340. The van der Waals surface area contributed by atoms with Crippen LogP contribution in [-0.4, -0.2) is 11.6 Å². The van der Waals surface area contributed by atoms with E-state index >= 15 is 0 Å². The summed E-state index contributed by atoms with van der Waals surface area (Å²) < 4.78 is 5.32. The highest BCUT2D eigenvalue weighted by Crippen LogP contribution is 2.26. The minimum Gasteiger partial charge on any atom is -0.494 e. The van der Waals surface area contributed by atoms with Gasteiger partial charge in [0.15, 0.2) is 5.00 Å². The summed E-state index contributed by atoms with van der Waals surface area (Å²) in [6.07, 6.45) is 0. The number of hydrogen-bond donors (Lipinski definition) is 2. The first-order valence-electron chi connectivity index (χ1n) is 5.25. The Hall–Kier alpha value is -1.60. The molecule has 1 N–H and O–H groups in total. The molecule has 0 fully saturated rings. The lowest BCUT2D eigenvalue weighted by Crippen LogP contribution is -1.89. The van der Waals surface area contributed by atoms with E-state index in [-0.39, 0.29) is 4.87 Å². The van der Waals surface area contributed by atoms with Crippen LogP contribution in [0.25, 0.3) is 0 Å². The number of rotatable bonds is 4. The Bertz CT molecular complexity index is 601. The first kappa shape index (κ1) is 12.8. The number of aromatic nitrogens is 1. The van der Waals surface area contributed by atoms with E-state index in [9.17, 15) is 4.79 Å². The average molecular weight is 281 g/mol. The van der Waals surface area contributed by atoms with Crippen LogP contribution in [0.1, 0.15) is 6.92 Å². The Kier molecular flexibility index (Phi) is 4.16. The second-order valence-electron chi connectivity index (χ2n) is 3.30. The van der Waals surface area contributed by atoms with E-state index in [4.69, 9.17) is 4.74 Å². The van der Waals surface area contributed by atoms with Gasteiger partial charge in [-0.3, -0.25) is 4.79 Å². The molecule has 0 saturated heterocycles. The number of hydrogen-bond acceptors (Lipinski definition) is 6.